The third-order valence-corrected chi connectivity index (χ3v) is 3.54. The van der Waals surface area contributed by atoms with E-state index >= 15 is 0 Å². The van der Waals surface area contributed by atoms with E-state index in [-0.39, 0.29) is 6.04 Å². The average molecular weight is 302 g/mol. The van der Waals surface area contributed by atoms with Gasteiger partial charge in [-0.2, -0.15) is 0 Å². The molecule has 1 aromatic carbocycles. The van der Waals surface area contributed by atoms with Crippen molar-refractivity contribution in [2.75, 3.05) is 38.9 Å². The summed E-state index contributed by atoms with van der Waals surface area (Å²) in [7, 11) is 3.36. The molecule has 4 nitrogen and oxygen atoms in total. The smallest absolute Gasteiger partial charge is 0.0762 e. The summed E-state index contributed by atoms with van der Waals surface area (Å²) in [6, 6.07) is 5.82. The normalized spacial score (nSPS) is 14.1. The SMILES string of the molecule is COCCN(c1ccc([C@@H](C)O)cc1Cl)C(C)COC. The van der Waals surface area contributed by atoms with Gasteiger partial charge in [-0.1, -0.05) is 17.7 Å². The lowest BCUT2D eigenvalue weighted by molar-refractivity contribution is 0.171. The van der Waals surface area contributed by atoms with Gasteiger partial charge >= 0.3 is 0 Å². The molecule has 0 fully saturated rings. The van der Waals surface area contributed by atoms with Crippen molar-refractivity contribution in [3.8, 4) is 0 Å². The predicted molar refractivity (Wildman–Crippen MR) is 82.6 cm³/mol. The van der Waals surface area contributed by atoms with E-state index in [0.717, 1.165) is 17.8 Å². The summed E-state index contributed by atoms with van der Waals surface area (Å²) in [6.07, 6.45) is -0.523. The van der Waals surface area contributed by atoms with Crippen molar-refractivity contribution in [3.63, 3.8) is 0 Å². The highest BCUT2D eigenvalue weighted by molar-refractivity contribution is 6.33. The summed E-state index contributed by atoms with van der Waals surface area (Å²) in [5.74, 6) is 0. The number of benzene rings is 1. The maximum Gasteiger partial charge on any atom is 0.0762 e. The molecule has 0 aliphatic rings. The molecule has 0 saturated heterocycles. The van der Waals surface area contributed by atoms with Gasteiger partial charge in [-0.15, -0.1) is 0 Å². The van der Waals surface area contributed by atoms with Gasteiger partial charge in [0, 0.05) is 26.8 Å². The first kappa shape index (κ1) is 17.2. The van der Waals surface area contributed by atoms with Crippen molar-refractivity contribution in [3.05, 3.63) is 28.8 Å². The second-order valence-corrected chi connectivity index (χ2v) is 5.28. The summed E-state index contributed by atoms with van der Waals surface area (Å²) in [5, 5.41) is 10.2. The first-order valence-electron chi connectivity index (χ1n) is 6.73. The number of aliphatic hydroxyl groups excluding tert-OH is 1. The van der Waals surface area contributed by atoms with E-state index in [0.29, 0.717) is 18.2 Å². The van der Waals surface area contributed by atoms with E-state index in [4.69, 9.17) is 21.1 Å². The lowest BCUT2D eigenvalue weighted by Gasteiger charge is -2.31. The van der Waals surface area contributed by atoms with Gasteiger partial charge in [-0.3, -0.25) is 0 Å². The minimum Gasteiger partial charge on any atom is -0.389 e. The fourth-order valence-electron chi connectivity index (χ4n) is 2.12. The molecule has 0 radical (unpaired) electrons. The molecule has 0 amide bonds. The number of hydrogen-bond donors (Lipinski definition) is 1. The van der Waals surface area contributed by atoms with Gasteiger partial charge in [0.1, 0.15) is 0 Å². The van der Waals surface area contributed by atoms with E-state index < -0.39 is 6.10 Å². The molecule has 0 aliphatic carbocycles. The van der Waals surface area contributed by atoms with Crippen LogP contribution < -0.4 is 4.90 Å². The molecule has 0 saturated carbocycles. The topological polar surface area (TPSA) is 41.9 Å². The Morgan fingerprint density at radius 3 is 2.45 bits per heavy atom. The van der Waals surface area contributed by atoms with Crippen molar-refractivity contribution < 1.29 is 14.6 Å². The Kier molecular flexibility index (Phi) is 7.30. The summed E-state index contributed by atoms with van der Waals surface area (Å²) in [6.45, 7) is 5.76. The highest BCUT2D eigenvalue weighted by atomic mass is 35.5. The molecule has 1 unspecified atom stereocenters. The number of anilines is 1. The Hall–Kier alpha value is -0.810. The van der Waals surface area contributed by atoms with Crippen molar-refractivity contribution in [2.45, 2.75) is 26.0 Å². The highest BCUT2D eigenvalue weighted by Crippen LogP contribution is 2.30. The number of methoxy groups -OCH3 is 2. The van der Waals surface area contributed by atoms with Crippen LogP contribution in [-0.4, -0.2) is 45.1 Å². The highest BCUT2D eigenvalue weighted by Gasteiger charge is 2.17. The van der Waals surface area contributed by atoms with Gasteiger partial charge in [0.2, 0.25) is 0 Å². The zero-order valence-corrected chi connectivity index (χ0v) is 13.4. The largest absolute Gasteiger partial charge is 0.389 e. The Balaban J connectivity index is 3.00. The summed E-state index contributed by atoms with van der Waals surface area (Å²) in [5.41, 5.74) is 1.74. The molecule has 20 heavy (non-hydrogen) atoms. The zero-order valence-electron chi connectivity index (χ0n) is 12.6. The number of halogens is 1. The molecule has 0 heterocycles. The maximum atomic E-state index is 9.60. The predicted octanol–water partition coefficient (Wildman–Crippen LogP) is 2.88. The number of nitrogens with zero attached hydrogens (tertiary/aromatic N) is 1. The van der Waals surface area contributed by atoms with Crippen LogP contribution >= 0.6 is 11.6 Å². The summed E-state index contributed by atoms with van der Waals surface area (Å²) in [4.78, 5) is 2.15. The fourth-order valence-corrected chi connectivity index (χ4v) is 2.41. The molecule has 0 bridgehead atoms. The number of rotatable bonds is 8. The molecule has 0 aliphatic heterocycles. The molecule has 2 atom stereocenters. The second-order valence-electron chi connectivity index (χ2n) is 4.88. The van der Waals surface area contributed by atoms with E-state index in [1.165, 1.54) is 0 Å². The average Bonchev–Trinajstić information content (AvgIpc) is 2.40. The van der Waals surface area contributed by atoms with Crippen LogP contribution in [0.15, 0.2) is 18.2 Å². The standard InChI is InChI=1S/C15H24ClNO3/c1-11(10-20-4)17(7-8-19-3)15-6-5-13(12(2)18)9-14(15)16/h5-6,9,11-12,18H,7-8,10H2,1-4H3/t11?,12-/m1/s1. The molecular weight excluding hydrogens is 278 g/mol. The fraction of sp³-hybridized carbons (Fsp3) is 0.600. The second kappa shape index (κ2) is 8.47. The quantitative estimate of drug-likeness (QED) is 0.802. The Morgan fingerprint density at radius 2 is 1.95 bits per heavy atom. The van der Waals surface area contributed by atoms with Crippen molar-refractivity contribution >= 4 is 17.3 Å². The minimum atomic E-state index is -0.523. The van der Waals surface area contributed by atoms with Crippen LogP contribution in [0.1, 0.15) is 25.5 Å². The number of ether oxygens (including phenoxy) is 2. The molecule has 0 aromatic heterocycles. The lowest BCUT2D eigenvalue weighted by atomic mass is 10.1. The maximum absolute atomic E-state index is 9.60. The van der Waals surface area contributed by atoms with Crippen LogP contribution in [0.25, 0.3) is 0 Å². The molecule has 1 N–H and O–H groups in total. The molecule has 1 aromatic rings. The van der Waals surface area contributed by atoms with Crippen LogP contribution in [-0.2, 0) is 9.47 Å². The Bertz CT molecular complexity index is 412. The van der Waals surface area contributed by atoms with Gasteiger partial charge in [-0.25, -0.2) is 0 Å². The molecule has 0 spiro atoms. The van der Waals surface area contributed by atoms with Gasteiger partial charge in [0.15, 0.2) is 0 Å². The third-order valence-electron chi connectivity index (χ3n) is 3.24. The Labute approximate surface area is 126 Å². The first-order chi connectivity index (χ1) is 9.51. The van der Waals surface area contributed by atoms with Crippen LogP contribution in [0.2, 0.25) is 5.02 Å². The van der Waals surface area contributed by atoms with E-state index in [1.807, 2.05) is 12.1 Å². The van der Waals surface area contributed by atoms with Gasteiger partial charge < -0.3 is 19.5 Å². The van der Waals surface area contributed by atoms with Crippen molar-refractivity contribution in [1.29, 1.82) is 0 Å². The first-order valence-corrected chi connectivity index (χ1v) is 7.11. The van der Waals surface area contributed by atoms with E-state index in [1.54, 1.807) is 27.2 Å². The molecule has 114 valence electrons. The third kappa shape index (κ3) is 4.63. The molecular formula is C15H24ClNO3. The Morgan fingerprint density at radius 1 is 1.25 bits per heavy atom. The zero-order chi connectivity index (χ0) is 15.1. The van der Waals surface area contributed by atoms with Gasteiger partial charge in [-0.05, 0) is 31.5 Å². The monoisotopic (exact) mass is 301 g/mol. The van der Waals surface area contributed by atoms with Crippen LogP contribution in [0.4, 0.5) is 5.69 Å². The summed E-state index contributed by atoms with van der Waals surface area (Å²) < 4.78 is 10.4. The van der Waals surface area contributed by atoms with Crippen LogP contribution in [0, 0.1) is 0 Å². The summed E-state index contributed by atoms with van der Waals surface area (Å²) >= 11 is 6.36. The van der Waals surface area contributed by atoms with Gasteiger partial charge in [0.25, 0.3) is 0 Å². The minimum absolute atomic E-state index is 0.185. The van der Waals surface area contributed by atoms with Crippen LogP contribution in [0.5, 0.6) is 0 Å². The van der Waals surface area contributed by atoms with Gasteiger partial charge in [0.05, 0.1) is 30.0 Å². The number of aliphatic hydroxyl groups is 1. The van der Waals surface area contributed by atoms with E-state index in [2.05, 4.69) is 11.8 Å². The molecule has 1 rings (SSSR count). The molecule has 5 heteroatoms. The van der Waals surface area contributed by atoms with Crippen molar-refractivity contribution in [1.82, 2.24) is 0 Å². The number of hydrogen-bond acceptors (Lipinski definition) is 4. The van der Waals surface area contributed by atoms with Crippen molar-refractivity contribution in [2.24, 2.45) is 0 Å². The lowest BCUT2D eigenvalue weighted by Crippen LogP contribution is -2.38. The van der Waals surface area contributed by atoms with Crippen LogP contribution in [0.3, 0.4) is 0 Å². The van der Waals surface area contributed by atoms with E-state index in [9.17, 15) is 5.11 Å².